The highest BCUT2D eigenvalue weighted by Gasteiger charge is 2.42. The van der Waals surface area contributed by atoms with Crippen LogP contribution in [0.3, 0.4) is 0 Å². The predicted octanol–water partition coefficient (Wildman–Crippen LogP) is 2.42. The predicted molar refractivity (Wildman–Crippen MR) is 75.7 cm³/mol. The van der Waals surface area contributed by atoms with Gasteiger partial charge in [0, 0.05) is 12.6 Å². The number of nitrogens with zero attached hydrogens (tertiary/aromatic N) is 3. The first-order chi connectivity index (χ1) is 9.69. The van der Waals surface area contributed by atoms with E-state index in [1.807, 2.05) is 6.92 Å². The molecule has 0 radical (unpaired) electrons. The molecule has 3 rings (SSSR count). The van der Waals surface area contributed by atoms with Crippen LogP contribution in [0.2, 0.25) is 0 Å². The molecule has 0 bridgehead atoms. The summed E-state index contributed by atoms with van der Waals surface area (Å²) in [4.78, 5) is 18.9. The quantitative estimate of drug-likeness (QED) is 0.587. The second kappa shape index (κ2) is 5.22. The molecule has 2 N–H and O–H groups in total. The number of hydrogen-bond acceptors (Lipinski definition) is 6. The van der Waals surface area contributed by atoms with Crippen LogP contribution in [0, 0.1) is 22.0 Å². The highest BCUT2D eigenvalue weighted by Crippen LogP contribution is 2.46. The molecule has 1 heterocycles. The lowest BCUT2D eigenvalue weighted by Crippen LogP contribution is -2.25. The number of rotatable bonds is 7. The molecule has 0 aliphatic heterocycles. The zero-order chi connectivity index (χ0) is 14.1. The molecule has 0 amide bonds. The summed E-state index contributed by atoms with van der Waals surface area (Å²) >= 11 is 0. The molecule has 7 nitrogen and oxygen atoms in total. The van der Waals surface area contributed by atoms with Gasteiger partial charge in [-0.25, -0.2) is 4.98 Å². The van der Waals surface area contributed by atoms with E-state index in [-0.39, 0.29) is 5.69 Å². The minimum Gasteiger partial charge on any atom is -0.361 e. The Hall–Kier alpha value is -1.92. The van der Waals surface area contributed by atoms with E-state index in [0.29, 0.717) is 36.2 Å². The molecule has 1 aromatic rings. The molecular formula is C13H19N5O2. The maximum absolute atomic E-state index is 11.1. The van der Waals surface area contributed by atoms with Crippen molar-refractivity contribution < 1.29 is 4.92 Å². The highest BCUT2D eigenvalue weighted by atomic mass is 16.6. The Labute approximate surface area is 117 Å². The Morgan fingerprint density at radius 2 is 2.05 bits per heavy atom. The van der Waals surface area contributed by atoms with Crippen LogP contribution in [0.25, 0.3) is 0 Å². The maximum atomic E-state index is 11.1. The van der Waals surface area contributed by atoms with Gasteiger partial charge in [-0.15, -0.1) is 0 Å². The first-order valence-corrected chi connectivity index (χ1v) is 7.21. The van der Waals surface area contributed by atoms with Crippen LogP contribution in [0.15, 0.2) is 6.20 Å². The molecule has 2 aliphatic rings. The van der Waals surface area contributed by atoms with Crippen LogP contribution in [0.1, 0.15) is 32.6 Å². The largest absolute Gasteiger partial charge is 0.361 e. The summed E-state index contributed by atoms with van der Waals surface area (Å²) < 4.78 is 0. The first kappa shape index (κ1) is 13.1. The van der Waals surface area contributed by atoms with E-state index in [0.717, 1.165) is 0 Å². The minimum absolute atomic E-state index is 0.0436. The van der Waals surface area contributed by atoms with Gasteiger partial charge >= 0.3 is 5.69 Å². The molecule has 2 fully saturated rings. The number of anilines is 2. The minimum atomic E-state index is -0.422. The van der Waals surface area contributed by atoms with Crippen LogP contribution in [0.5, 0.6) is 0 Å². The summed E-state index contributed by atoms with van der Waals surface area (Å²) in [7, 11) is 0. The van der Waals surface area contributed by atoms with Crippen molar-refractivity contribution in [1.29, 1.82) is 0 Å². The molecular weight excluding hydrogens is 258 g/mol. The lowest BCUT2D eigenvalue weighted by molar-refractivity contribution is -0.384. The van der Waals surface area contributed by atoms with Gasteiger partial charge in [0.05, 0.1) is 4.92 Å². The van der Waals surface area contributed by atoms with Crippen molar-refractivity contribution in [3.8, 4) is 0 Å². The first-order valence-electron chi connectivity index (χ1n) is 7.21. The SMILES string of the molecule is CCNc1ncc([N+](=O)[O-])c(NC(C2CC2)C2CC2)n1. The summed E-state index contributed by atoms with van der Waals surface area (Å²) in [6.45, 7) is 2.63. The van der Waals surface area contributed by atoms with E-state index in [2.05, 4.69) is 20.6 Å². The second-order valence-electron chi connectivity index (χ2n) is 5.56. The van der Waals surface area contributed by atoms with Gasteiger partial charge in [0.2, 0.25) is 11.8 Å². The molecule has 20 heavy (non-hydrogen) atoms. The molecule has 108 valence electrons. The lowest BCUT2D eigenvalue weighted by Gasteiger charge is -2.18. The fourth-order valence-corrected chi connectivity index (χ4v) is 2.55. The van der Waals surface area contributed by atoms with E-state index in [1.165, 1.54) is 31.9 Å². The van der Waals surface area contributed by atoms with Gasteiger partial charge in [-0.2, -0.15) is 4.98 Å². The van der Waals surface area contributed by atoms with Crippen molar-refractivity contribution in [2.75, 3.05) is 17.2 Å². The van der Waals surface area contributed by atoms with Gasteiger partial charge < -0.3 is 10.6 Å². The summed E-state index contributed by atoms with van der Waals surface area (Å²) in [6, 6.07) is 0.332. The van der Waals surface area contributed by atoms with Gasteiger partial charge in [0.1, 0.15) is 6.20 Å². The van der Waals surface area contributed by atoms with Gasteiger partial charge in [0.15, 0.2) is 0 Å². The van der Waals surface area contributed by atoms with E-state index in [1.54, 1.807) is 0 Å². The number of nitrogens with one attached hydrogen (secondary N) is 2. The smallest absolute Gasteiger partial charge is 0.329 e. The van der Waals surface area contributed by atoms with Crippen molar-refractivity contribution in [2.24, 2.45) is 11.8 Å². The molecule has 1 aromatic heterocycles. The summed E-state index contributed by atoms with van der Waals surface area (Å²) in [6.07, 6.45) is 6.14. The maximum Gasteiger partial charge on any atom is 0.329 e. The molecule has 0 unspecified atom stereocenters. The van der Waals surface area contributed by atoms with Crippen molar-refractivity contribution in [3.63, 3.8) is 0 Å². The molecule has 0 aromatic carbocycles. The van der Waals surface area contributed by atoms with Crippen molar-refractivity contribution in [1.82, 2.24) is 9.97 Å². The van der Waals surface area contributed by atoms with Crippen LogP contribution < -0.4 is 10.6 Å². The van der Waals surface area contributed by atoms with Gasteiger partial charge in [-0.3, -0.25) is 10.1 Å². The number of nitro groups is 1. The fourth-order valence-electron chi connectivity index (χ4n) is 2.55. The van der Waals surface area contributed by atoms with E-state index in [4.69, 9.17) is 0 Å². The third kappa shape index (κ3) is 2.81. The third-order valence-corrected chi connectivity index (χ3v) is 3.86. The van der Waals surface area contributed by atoms with E-state index >= 15 is 0 Å². The molecule has 7 heteroatoms. The Kier molecular flexibility index (Phi) is 3.42. The van der Waals surface area contributed by atoms with Crippen molar-refractivity contribution >= 4 is 17.5 Å². The lowest BCUT2D eigenvalue weighted by atomic mass is 10.1. The Morgan fingerprint density at radius 1 is 1.40 bits per heavy atom. The average molecular weight is 277 g/mol. The summed E-state index contributed by atoms with van der Waals surface area (Å²) in [5.74, 6) is 2.09. The Morgan fingerprint density at radius 3 is 2.55 bits per heavy atom. The molecule has 2 saturated carbocycles. The Bertz CT molecular complexity index is 501. The van der Waals surface area contributed by atoms with Crippen LogP contribution in [-0.4, -0.2) is 27.5 Å². The van der Waals surface area contributed by atoms with Crippen LogP contribution >= 0.6 is 0 Å². The third-order valence-electron chi connectivity index (χ3n) is 3.86. The van der Waals surface area contributed by atoms with Gasteiger partial charge in [-0.1, -0.05) is 0 Å². The van der Waals surface area contributed by atoms with Crippen molar-refractivity contribution in [3.05, 3.63) is 16.3 Å². The monoisotopic (exact) mass is 277 g/mol. The molecule has 0 atom stereocenters. The standard InChI is InChI=1S/C13H19N5O2/c1-2-14-13-15-7-10(18(19)20)12(17-13)16-11(8-3-4-8)9-5-6-9/h7-9,11H,2-6H2,1H3,(H2,14,15,16,17). The topological polar surface area (TPSA) is 93.0 Å². The Balaban J connectivity index is 1.84. The van der Waals surface area contributed by atoms with Gasteiger partial charge in [-0.05, 0) is 44.4 Å². The van der Waals surface area contributed by atoms with Crippen LogP contribution in [-0.2, 0) is 0 Å². The molecule has 2 aliphatic carbocycles. The average Bonchev–Trinajstić information content (AvgIpc) is 3.28. The normalized spacial score (nSPS) is 18.1. The molecule has 0 saturated heterocycles. The highest BCUT2D eigenvalue weighted by molar-refractivity contribution is 5.57. The summed E-state index contributed by atoms with van der Waals surface area (Å²) in [5.41, 5.74) is -0.0436. The van der Waals surface area contributed by atoms with Gasteiger partial charge in [0.25, 0.3) is 0 Å². The fraction of sp³-hybridized carbons (Fsp3) is 0.692. The second-order valence-corrected chi connectivity index (χ2v) is 5.56. The van der Waals surface area contributed by atoms with Crippen LogP contribution in [0.4, 0.5) is 17.5 Å². The summed E-state index contributed by atoms with van der Waals surface area (Å²) in [5, 5.41) is 17.4. The molecule has 0 spiro atoms. The number of hydrogen-bond donors (Lipinski definition) is 2. The number of aromatic nitrogens is 2. The van der Waals surface area contributed by atoms with E-state index < -0.39 is 4.92 Å². The zero-order valence-electron chi connectivity index (χ0n) is 11.5. The van der Waals surface area contributed by atoms with Crippen molar-refractivity contribution in [2.45, 2.75) is 38.6 Å². The van der Waals surface area contributed by atoms with E-state index in [9.17, 15) is 10.1 Å². The zero-order valence-corrected chi connectivity index (χ0v) is 11.5.